The normalized spacial score (nSPS) is 18.7. The number of amides is 1. The summed E-state index contributed by atoms with van der Waals surface area (Å²) in [6.45, 7) is 0.554. The van der Waals surface area contributed by atoms with Crippen molar-refractivity contribution in [3.63, 3.8) is 0 Å². The van der Waals surface area contributed by atoms with Gasteiger partial charge in [-0.2, -0.15) is 0 Å². The zero-order valence-electron chi connectivity index (χ0n) is 13.8. The molecule has 1 aromatic heterocycles. The first-order valence-corrected chi connectivity index (χ1v) is 10.4. The molecule has 3 rings (SSSR count). The van der Waals surface area contributed by atoms with Gasteiger partial charge in [0.2, 0.25) is 21.8 Å². The number of nitrogens with zero attached hydrogens (tertiary/aromatic N) is 3. The van der Waals surface area contributed by atoms with Crippen LogP contribution in [0.15, 0.2) is 22.6 Å². The minimum Gasteiger partial charge on any atom is -0.403 e. The van der Waals surface area contributed by atoms with Gasteiger partial charge in [0.15, 0.2) is 0 Å². The Hall–Kier alpha value is -1.68. The van der Waals surface area contributed by atoms with Crippen LogP contribution in [-0.4, -0.2) is 48.2 Å². The number of hydrogen-bond donors (Lipinski definition) is 1. The molecule has 0 aliphatic carbocycles. The van der Waals surface area contributed by atoms with E-state index in [-0.39, 0.29) is 24.4 Å². The van der Waals surface area contributed by atoms with Crippen LogP contribution in [0.25, 0.3) is 11.5 Å². The molecule has 26 heavy (non-hydrogen) atoms. The van der Waals surface area contributed by atoms with Gasteiger partial charge < -0.3 is 4.42 Å². The number of aromatic nitrogens is 2. The van der Waals surface area contributed by atoms with Gasteiger partial charge in [-0.15, -0.1) is 5.10 Å². The molecule has 1 saturated heterocycles. The van der Waals surface area contributed by atoms with Crippen molar-refractivity contribution in [2.45, 2.75) is 12.8 Å². The predicted octanol–water partition coefficient (Wildman–Crippen LogP) is 2.65. The third-order valence-electron chi connectivity index (χ3n) is 3.99. The quantitative estimate of drug-likeness (QED) is 0.817. The second kappa shape index (κ2) is 7.51. The van der Waals surface area contributed by atoms with Gasteiger partial charge in [0.25, 0.3) is 0 Å². The molecule has 1 aromatic carbocycles. The number of sulfonamides is 1. The average Bonchev–Trinajstić information content (AvgIpc) is 3.02. The third-order valence-corrected chi connectivity index (χ3v) is 5.69. The minimum atomic E-state index is -3.33. The zero-order valence-corrected chi connectivity index (χ0v) is 16.1. The number of nitrogens with one attached hydrogen (secondary N) is 1. The van der Waals surface area contributed by atoms with Gasteiger partial charge >= 0.3 is 6.01 Å². The Kier molecular flexibility index (Phi) is 5.52. The Bertz CT molecular complexity index is 911. The van der Waals surface area contributed by atoms with Crippen molar-refractivity contribution in [1.29, 1.82) is 0 Å². The second-order valence-electron chi connectivity index (χ2n) is 6.02. The van der Waals surface area contributed by atoms with Crippen molar-refractivity contribution < 1.29 is 17.6 Å². The van der Waals surface area contributed by atoms with Gasteiger partial charge in [-0.05, 0) is 31.0 Å². The van der Waals surface area contributed by atoms with Crippen LogP contribution in [0.4, 0.5) is 6.01 Å². The first-order valence-electron chi connectivity index (χ1n) is 7.78. The average molecular weight is 419 g/mol. The van der Waals surface area contributed by atoms with Crippen LogP contribution in [0.2, 0.25) is 10.0 Å². The Morgan fingerprint density at radius 2 is 1.96 bits per heavy atom. The van der Waals surface area contributed by atoms with Gasteiger partial charge in [-0.25, -0.2) is 12.7 Å². The number of halogens is 2. The molecule has 11 heteroatoms. The summed E-state index contributed by atoms with van der Waals surface area (Å²) < 4.78 is 30.1. The molecule has 140 valence electrons. The summed E-state index contributed by atoms with van der Waals surface area (Å²) in [5, 5.41) is 11.0. The molecular weight excluding hydrogens is 403 g/mol. The molecule has 0 radical (unpaired) electrons. The third kappa shape index (κ3) is 4.53. The van der Waals surface area contributed by atoms with Gasteiger partial charge in [-0.1, -0.05) is 28.3 Å². The van der Waals surface area contributed by atoms with E-state index in [2.05, 4.69) is 15.5 Å². The van der Waals surface area contributed by atoms with Crippen molar-refractivity contribution in [3.05, 3.63) is 28.2 Å². The van der Waals surface area contributed by atoms with Crippen LogP contribution in [0, 0.1) is 5.92 Å². The number of anilines is 1. The number of benzene rings is 1. The van der Waals surface area contributed by atoms with E-state index in [1.54, 1.807) is 18.2 Å². The number of hydrogen-bond acceptors (Lipinski definition) is 6. The molecule has 1 unspecified atom stereocenters. The molecule has 1 aliphatic heterocycles. The second-order valence-corrected chi connectivity index (χ2v) is 8.88. The number of carbonyl (C=O) groups excluding carboxylic acids is 1. The lowest BCUT2D eigenvalue weighted by Gasteiger charge is -2.29. The monoisotopic (exact) mass is 418 g/mol. The van der Waals surface area contributed by atoms with Crippen LogP contribution in [0.5, 0.6) is 0 Å². The Morgan fingerprint density at radius 3 is 2.62 bits per heavy atom. The molecule has 1 aliphatic rings. The SMILES string of the molecule is CS(=O)(=O)N1CCCC(C(=O)Nc2nnc(-c3cc(Cl)cc(Cl)c3)o2)C1. The van der Waals surface area contributed by atoms with Crippen LogP contribution >= 0.6 is 23.2 Å². The van der Waals surface area contributed by atoms with E-state index >= 15 is 0 Å². The van der Waals surface area contributed by atoms with Crippen LogP contribution in [0.3, 0.4) is 0 Å². The highest BCUT2D eigenvalue weighted by Gasteiger charge is 2.30. The van der Waals surface area contributed by atoms with Crippen molar-refractivity contribution in [3.8, 4) is 11.5 Å². The standard InChI is InChI=1S/C15H16Cl2N4O4S/c1-26(23,24)21-4-2-3-9(8-21)13(22)18-15-20-19-14(25-15)10-5-11(16)7-12(17)6-10/h5-7,9H,2-4,8H2,1H3,(H,18,20,22). The summed E-state index contributed by atoms with van der Waals surface area (Å²) in [5.74, 6) is -0.682. The first-order chi connectivity index (χ1) is 12.2. The Balaban J connectivity index is 1.70. The molecule has 2 heterocycles. The number of rotatable bonds is 4. The summed E-state index contributed by atoms with van der Waals surface area (Å²) in [7, 11) is -3.33. The van der Waals surface area contributed by atoms with E-state index in [1.165, 1.54) is 4.31 Å². The maximum atomic E-state index is 12.4. The summed E-state index contributed by atoms with van der Waals surface area (Å²) >= 11 is 11.9. The predicted molar refractivity (Wildman–Crippen MR) is 97.5 cm³/mol. The maximum Gasteiger partial charge on any atom is 0.322 e. The van der Waals surface area contributed by atoms with E-state index in [9.17, 15) is 13.2 Å². The van der Waals surface area contributed by atoms with Gasteiger partial charge in [0.05, 0.1) is 12.2 Å². The highest BCUT2D eigenvalue weighted by molar-refractivity contribution is 7.88. The molecule has 0 bridgehead atoms. The molecule has 1 atom stereocenters. The highest BCUT2D eigenvalue weighted by atomic mass is 35.5. The fraction of sp³-hybridized carbons (Fsp3) is 0.400. The summed E-state index contributed by atoms with van der Waals surface area (Å²) in [5.41, 5.74) is 0.524. The molecule has 1 N–H and O–H groups in total. The lowest BCUT2D eigenvalue weighted by molar-refractivity contribution is -0.121. The van der Waals surface area contributed by atoms with Crippen molar-refractivity contribution in [2.75, 3.05) is 24.7 Å². The minimum absolute atomic E-state index is 0.0717. The lowest BCUT2D eigenvalue weighted by atomic mass is 9.99. The topological polar surface area (TPSA) is 105 Å². The fourth-order valence-electron chi connectivity index (χ4n) is 2.73. The summed E-state index contributed by atoms with van der Waals surface area (Å²) in [6.07, 6.45) is 2.33. The smallest absolute Gasteiger partial charge is 0.322 e. The molecule has 8 nitrogen and oxygen atoms in total. The molecule has 2 aromatic rings. The molecule has 1 amide bonds. The molecular formula is C15H16Cl2N4O4S. The maximum absolute atomic E-state index is 12.4. The van der Waals surface area contributed by atoms with E-state index < -0.39 is 15.9 Å². The highest BCUT2D eigenvalue weighted by Crippen LogP contribution is 2.27. The van der Waals surface area contributed by atoms with Crippen LogP contribution < -0.4 is 5.32 Å². The largest absolute Gasteiger partial charge is 0.403 e. The van der Waals surface area contributed by atoms with Gasteiger partial charge in [-0.3, -0.25) is 10.1 Å². The molecule has 1 fully saturated rings. The number of carbonyl (C=O) groups is 1. The van der Waals surface area contributed by atoms with Crippen LogP contribution in [-0.2, 0) is 14.8 Å². The van der Waals surface area contributed by atoms with Crippen LogP contribution in [0.1, 0.15) is 12.8 Å². The number of piperidine rings is 1. The lowest BCUT2D eigenvalue weighted by Crippen LogP contribution is -2.43. The first kappa shape index (κ1) is 19.1. The van der Waals surface area contributed by atoms with Gasteiger partial charge in [0, 0.05) is 28.7 Å². The van der Waals surface area contributed by atoms with E-state index in [1.807, 2.05) is 0 Å². The summed E-state index contributed by atoms with van der Waals surface area (Å²) in [4.78, 5) is 12.4. The van der Waals surface area contributed by atoms with E-state index in [4.69, 9.17) is 27.6 Å². The Labute approximate surface area is 160 Å². The van der Waals surface area contributed by atoms with Gasteiger partial charge in [0.1, 0.15) is 0 Å². The molecule has 0 spiro atoms. The van der Waals surface area contributed by atoms with E-state index in [0.717, 1.165) is 6.26 Å². The van der Waals surface area contributed by atoms with E-state index in [0.29, 0.717) is 35.0 Å². The van der Waals surface area contributed by atoms with Crippen molar-refractivity contribution >= 4 is 45.1 Å². The van der Waals surface area contributed by atoms with Crippen molar-refractivity contribution in [2.24, 2.45) is 5.92 Å². The summed E-state index contributed by atoms with van der Waals surface area (Å²) in [6, 6.07) is 4.72. The fourth-order valence-corrected chi connectivity index (χ4v) is 4.17. The zero-order chi connectivity index (χ0) is 18.9. The Morgan fingerprint density at radius 1 is 1.27 bits per heavy atom. The van der Waals surface area contributed by atoms with Crippen molar-refractivity contribution in [1.82, 2.24) is 14.5 Å². The molecule has 0 saturated carbocycles.